The Morgan fingerprint density at radius 2 is 1.79 bits per heavy atom. The van der Waals surface area contributed by atoms with Gasteiger partial charge in [0.05, 0.1) is 0 Å². The fraction of sp³-hybridized carbons (Fsp3) is 0.522. The molecule has 5 nitrogen and oxygen atoms in total. The van der Waals surface area contributed by atoms with E-state index in [0.29, 0.717) is 30.9 Å². The van der Waals surface area contributed by atoms with Crippen LogP contribution < -0.4 is 4.90 Å². The van der Waals surface area contributed by atoms with Gasteiger partial charge < -0.3 is 9.80 Å². The number of nitrogens with zero attached hydrogens (tertiary/aromatic N) is 4. The molecule has 1 aliphatic heterocycles. The standard InChI is InChI=1S/C23H31FN4O/c1-3-4-5-6-7-11-22(29)28-14-12-27(13-15-28)21-16-18(2)25-23(26-21)19-9-8-10-20(24)17-19/h8-10,16-17H,3-7,11-15H2,1-2H3. The first-order valence-corrected chi connectivity index (χ1v) is 10.7. The Bertz CT molecular complexity index is 818. The minimum atomic E-state index is -0.295. The van der Waals surface area contributed by atoms with Gasteiger partial charge in [-0.25, -0.2) is 14.4 Å². The Balaban J connectivity index is 1.57. The molecule has 6 heteroatoms. The number of aromatic nitrogens is 2. The summed E-state index contributed by atoms with van der Waals surface area (Å²) in [6.45, 7) is 7.05. The van der Waals surface area contributed by atoms with Crippen molar-refractivity contribution in [3.8, 4) is 11.4 Å². The molecule has 156 valence electrons. The van der Waals surface area contributed by atoms with E-state index < -0.39 is 0 Å². The van der Waals surface area contributed by atoms with Crippen molar-refractivity contribution in [2.45, 2.75) is 52.4 Å². The lowest BCUT2D eigenvalue weighted by Gasteiger charge is -2.35. The summed E-state index contributed by atoms with van der Waals surface area (Å²) in [4.78, 5) is 25.7. The maximum Gasteiger partial charge on any atom is 0.222 e. The van der Waals surface area contributed by atoms with Gasteiger partial charge in [-0.3, -0.25) is 4.79 Å². The van der Waals surface area contributed by atoms with E-state index in [1.165, 1.54) is 31.4 Å². The number of hydrogen-bond donors (Lipinski definition) is 0. The molecule has 1 saturated heterocycles. The third kappa shape index (κ3) is 5.99. The molecule has 0 radical (unpaired) electrons. The third-order valence-corrected chi connectivity index (χ3v) is 5.37. The van der Waals surface area contributed by atoms with Crippen LogP contribution in [0.1, 0.15) is 51.1 Å². The van der Waals surface area contributed by atoms with Crippen molar-refractivity contribution < 1.29 is 9.18 Å². The lowest BCUT2D eigenvalue weighted by molar-refractivity contribution is -0.131. The maximum absolute atomic E-state index is 13.6. The van der Waals surface area contributed by atoms with E-state index in [2.05, 4.69) is 21.8 Å². The molecule has 1 aromatic heterocycles. The molecule has 1 fully saturated rings. The summed E-state index contributed by atoms with van der Waals surface area (Å²) in [6.07, 6.45) is 6.48. The van der Waals surface area contributed by atoms with E-state index in [-0.39, 0.29) is 11.7 Å². The highest BCUT2D eigenvalue weighted by Crippen LogP contribution is 2.22. The van der Waals surface area contributed by atoms with E-state index >= 15 is 0 Å². The van der Waals surface area contributed by atoms with E-state index in [1.807, 2.05) is 24.0 Å². The molecular formula is C23H31FN4O. The van der Waals surface area contributed by atoms with Gasteiger partial charge in [0.25, 0.3) is 0 Å². The van der Waals surface area contributed by atoms with Gasteiger partial charge in [0.1, 0.15) is 11.6 Å². The monoisotopic (exact) mass is 398 g/mol. The number of amides is 1. The second-order valence-electron chi connectivity index (χ2n) is 7.73. The van der Waals surface area contributed by atoms with E-state index in [9.17, 15) is 9.18 Å². The average molecular weight is 399 g/mol. The zero-order chi connectivity index (χ0) is 20.6. The molecule has 29 heavy (non-hydrogen) atoms. The molecule has 0 saturated carbocycles. The van der Waals surface area contributed by atoms with Crippen molar-refractivity contribution in [2.24, 2.45) is 0 Å². The molecule has 0 spiro atoms. The van der Waals surface area contributed by atoms with Crippen molar-refractivity contribution in [3.05, 3.63) is 41.8 Å². The van der Waals surface area contributed by atoms with Gasteiger partial charge in [-0.15, -0.1) is 0 Å². The van der Waals surface area contributed by atoms with Crippen LogP contribution in [0.4, 0.5) is 10.2 Å². The molecule has 0 bridgehead atoms. The van der Waals surface area contributed by atoms with Crippen LogP contribution >= 0.6 is 0 Å². The minimum Gasteiger partial charge on any atom is -0.353 e. The topological polar surface area (TPSA) is 49.3 Å². The number of piperazine rings is 1. The third-order valence-electron chi connectivity index (χ3n) is 5.37. The smallest absolute Gasteiger partial charge is 0.222 e. The van der Waals surface area contributed by atoms with Crippen molar-refractivity contribution in [3.63, 3.8) is 0 Å². The first kappa shape index (κ1) is 21.2. The number of benzene rings is 1. The lowest BCUT2D eigenvalue weighted by Crippen LogP contribution is -2.49. The van der Waals surface area contributed by atoms with Gasteiger partial charge >= 0.3 is 0 Å². The van der Waals surface area contributed by atoms with Crippen molar-refractivity contribution >= 4 is 11.7 Å². The number of unbranched alkanes of at least 4 members (excludes halogenated alkanes) is 4. The highest BCUT2D eigenvalue weighted by Gasteiger charge is 2.22. The number of hydrogen-bond acceptors (Lipinski definition) is 4. The molecule has 3 rings (SSSR count). The highest BCUT2D eigenvalue weighted by molar-refractivity contribution is 5.76. The summed E-state index contributed by atoms with van der Waals surface area (Å²) >= 11 is 0. The number of anilines is 1. The predicted molar refractivity (Wildman–Crippen MR) is 114 cm³/mol. The SMILES string of the molecule is CCCCCCCC(=O)N1CCN(c2cc(C)nc(-c3cccc(F)c3)n2)CC1. The lowest BCUT2D eigenvalue weighted by atomic mass is 10.1. The molecule has 0 N–H and O–H groups in total. The molecule has 0 atom stereocenters. The van der Waals surface area contributed by atoms with E-state index in [0.717, 1.165) is 37.4 Å². The van der Waals surface area contributed by atoms with Gasteiger partial charge in [0.2, 0.25) is 5.91 Å². The van der Waals surface area contributed by atoms with Crippen LogP contribution in [0.5, 0.6) is 0 Å². The number of rotatable bonds is 8. The number of aryl methyl sites for hydroxylation is 1. The summed E-state index contributed by atoms with van der Waals surface area (Å²) in [7, 11) is 0. The Morgan fingerprint density at radius 1 is 1.03 bits per heavy atom. The van der Waals surface area contributed by atoms with Crippen molar-refractivity contribution in [2.75, 3.05) is 31.1 Å². The van der Waals surface area contributed by atoms with Crippen molar-refractivity contribution in [1.82, 2.24) is 14.9 Å². The van der Waals surface area contributed by atoms with Crippen LogP contribution in [0.3, 0.4) is 0 Å². The van der Waals surface area contributed by atoms with Crippen LogP contribution in [0.25, 0.3) is 11.4 Å². The highest BCUT2D eigenvalue weighted by atomic mass is 19.1. The number of carbonyl (C=O) groups is 1. The van der Waals surface area contributed by atoms with Gasteiger partial charge in [-0.2, -0.15) is 0 Å². The van der Waals surface area contributed by atoms with Crippen LogP contribution in [-0.2, 0) is 4.79 Å². The molecule has 1 aromatic carbocycles. The van der Waals surface area contributed by atoms with Gasteiger partial charge in [-0.1, -0.05) is 44.7 Å². The summed E-state index contributed by atoms with van der Waals surface area (Å²) in [5, 5.41) is 0. The largest absolute Gasteiger partial charge is 0.353 e. The predicted octanol–water partition coefficient (Wildman–Crippen LogP) is 4.60. The Hall–Kier alpha value is -2.50. The summed E-state index contributed by atoms with van der Waals surface area (Å²) in [5.74, 6) is 1.34. The van der Waals surface area contributed by atoms with Gasteiger partial charge in [0.15, 0.2) is 5.82 Å². The minimum absolute atomic E-state index is 0.264. The maximum atomic E-state index is 13.6. The van der Waals surface area contributed by atoms with Crippen molar-refractivity contribution in [1.29, 1.82) is 0 Å². The second-order valence-corrected chi connectivity index (χ2v) is 7.73. The van der Waals surface area contributed by atoms with Crippen LogP contribution in [0, 0.1) is 12.7 Å². The number of halogens is 1. The van der Waals surface area contributed by atoms with Gasteiger partial charge in [0, 0.05) is 49.9 Å². The Kier molecular flexibility index (Phi) is 7.55. The fourth-order valence-electron chi connectivity index (χ4n) is 3.69. The Labute approximate surface area is 173 Å². The van der Waals surface area contributed by atoms with Gasteiger partial charge in [-0.05, 0) is 25.5 Å². The van der Waals surface area contributed by atoms with E-state index in [1.54, 1.807) is 6.07 Å². The molecule has 1 amide bonds. The number of carbonyl (C=O) groups excluding carboxylic acids is 1. The quantitative estimate of drug-likeness (QED) is 0.610. The summed E-state index contributed by atoms with van der Waals surface area (Å²) in [5.41, 5.74) is 1.52. The molecule has 0 aliphatic carbocycles. The fourth-order valence-corrected chi connectivity index (χ4v) is 3.69. The Morgan fingerprint density at radius 3 is 2.52 bits per heavy atom. The summed E-state index contributed by atoms with van der Waals surface area (Å²) in [6, 6.07) is 8.31. The molecular weight excluding hydrogens is 367 g/mol. The first-order chi connectivity index (χ1) is 14.1. The molecule has 0 unspecified atom stereocenters. The van der Waals surface area contributed by atoms with Crippen LogP contribution in [-0.4, -0.2) is 47.0 Å². The zero-order valence-electron chi connectivity index (χ0n) is 17.5. The summed E-state index contributed by atoms with van der Waals surface area (Å²) < 4.78 is 13.6. The normalized spacial score (nSPS) is 14.3. The van der Waals surface area contributed by atoms with Crippen LogP contribution in [0.2, 0.25) is 0 Å². The molecule has 2 heterocycles. The van der Waals surface area contributed by atoms with E-state index in [4.69, 9.17) is 0 Å². The zero-order valence-corrected chi connectivity index (χ0v) is 17.5. The molecule has 2 aromatic rings. The molecule has 1 aliphatic rings. The van der Waals surface area contributed by atoms with Crippen LogP contribution in [0.15, 0.2) is 30.3 Å². The average Bonchev–Trinajstić information content (AvgIpc) is 2.73. The second kappa shape index (κ2) is 10.3. The first-order valence-electron chi connectivity index (χ1n) is 10.7.